The van der Waals surface area contributed by atoms with E-state index in [1.165, 1.54) is 0 Å². The van der Waals surface area contributed by atoms with Crippen LogP contribution in [0.1, 0.15) is 16.8 Å². The van der Waals surface area contributed by atoms with E-state index in [4.69, 9.17) is 4.74 Å². The second-order valence-corrected chi connectivity index (χ2v) is 9.84. The van der Waals surface area contributed by atoms with Gasteiger partial charge in [0.1, 0.15) is 6.26 Å². The number of carbonyl (C=O) groups is 1. The lowest BCUT2D eigenvalue weighted by Crippen LogP contribution is -2.41. The van der Waals surface area contributed by atoms with Crippen molar-refractivity contribution in [1.29, 1.82) is 0 Å². The molecule has 0 radical (unpaired) electrons. The maximum absolute atomic E-state index is 13.2. The maximum Gasteiger partial charge on any atom is 0.254 e. The fraction of sp³-hybridized carbons (Fsp3) is 0.240. The van der Waals surface area contributed by atoms with Crippen LogP contribution in [0.3, 0.4) is 0 Å². The Bertz CT molecular complexity index is 1340. The molecule has 0 saturated carbocycles. The van der Waals surface area contributed by atoms with E-state index in [9.17, 15) is 9.35 Å². The van der Waals surface area contributed by atoms with Crippen LogP contribution in [0.5, 0.6) is 0 Å². The van der Waals surface area contributed by atoms with Crippen molar-refractivity contribution < 1.29 is 14.1 Å². The maximum atomic E-state index is 13.2. The lowest BCUT2D eigenvalue weighted by Gasteiger charge is -2.27. The molecule has 166 valence electrons. The molecule has 1 amide bonds. The Morgan fingerprint density at radius 3 is 2.58 bits per heavy atom. The van der Waals surface area contributed by atoms with Crippen LogP contribution < -0.4 is 0 Å². The number of aromatic nitrogens is 3. The molecule has 33 heavy (non-hydrogen) atoms. The minimum atomic E-state index is -1.20. The number of hydrogen-bond acceptors (Lipinski definition) is 5. The van der Waals surface area contributed by atoms with Crippen LogP contribution in [0.25, 0.3) is 28.0 Å². The van der Waals surface area contributed by atoms with Crippen LogP contribution in [0.15, 0.2) is 72.0 Å². The molecule has 2 aliphatic heterocycles. The highest BCUT2D eigenvalue weighted by Crippen LogP contribution is 2.32. The molecule has 6 rings (SSSR count). The lowest BCUT2D eigenvalue weighted by atomic mass is 10.1. The fourth-order valence-corrected chi connectivity index (χ4v) is 5.50. The van der Waals surface area contributed by atoms with Gasteiger partial charge in [-0.1, -0.05) is 30.3 Å². The van der Waals surface area contributed by atoms with E-state index in [0.717, 1.165) is 28.5 Å². The number of benzene rings is 2. The van der Waals surface area contributed by atoms with Crippen molar-refractivity contribution in [3.05, 3.63) is 72.7 Å². The summed E-state index contributed by atoms with van der Waals surface area (Å²) in [5.41, 5.74) is 3.31. The van der Waals surface area contributed by atoms with Gasteiger partial charge in [0.05, 0.1) is 35.9 Å². The van der Waals surface area contributed by atoms with Crippen molar-refractivity contribution >= 4 is 28.0 Å². The van der Waals surface area contributed by atoms with Crippen LogP contribution in [-0.4, -0.2) is 61.4 Å². The molecule has 3 unspecified atom stereocenters. The van der Waals surface area contributed by atoms with Crippen LogP contribution in [0.4, 0.5) is 0 Å². The van der Waals surface area contributed by atoms with E-state index in [1.54, 1.807) is 24.8 Å². The quantitative estimate of drug-likeness (QED) is 0.438. The fourth-order valence-electron chi connectivity index (χ4n) is 4.76. The van der Waals surface area contributed by atoms with Crippen LogP contribution in [0, 0.1) is 0 Å². The van der Waals surface area contributed by atoms with Crippen LogP contribution >= 0.6 is 0 Å². The van der Waals surface area contributed by atoms with Crippen LogP contribution in [0.2, 0.25) is 0 Å². The number of rotatable bonds is 4. The topological polar surface area (TPSA) is 83.3 Å². The summed E-state index contributed by atoms with van der Waals surface area (Å²) in [7, 11) is 0. The molecular formula is C25H22N4O3S. The van der Waals surface area contributed by atoms with Gasteiger partial charge in [-0.3, -0.25) is 9.36 Å². The van der Waals surface area contributed by atoms with Gasteiger partial charge in [0.15, 0.2) is 4.90 Å². The molecule has 2 fully saturated rings. The highest BCUT2D eigenvalue weighted by atomic mass is 32.2. The Morgan fingerprint density at radius 2 is 1.91 bits per heavy atom. The summed E-state index contributed by atoms with van der Waals surface area (Å²) < 4.78 is 19.9. The largest absolute Gasteiger partial charge is 0.612 e. The second kappa shape index (κ2) is 7.98. The number of nitrogens with zero attached hydrogens (tertiary/aromatic N) is 4. The lowest BCUT2D eigenvalue weighted by molar-refractivity contribution is 0.0259. The first-order valence-corrected chi connectivity index (χ1v) is 12.4. The minimum Gasteiger partial charge on any atom is -0.612 e. The molecular weight excluding hydrogens is 436 g/mol. The zero-order valence-electron chi connectivity index (χ0n) is 18.0. The van der Waals surface area contributed by atoms with Crippen LogP contribution in [-0.2, 0) is 15.9 Å². The molecule has 2 aromatic heterocycles. The molecule has 8 heteroatoms. The predicted octanol–water partition coefficient (Wildman–Crippen LogP) is 3.44. The van der Waals surface area contributed by atoms with Crippen molar-refractivity contribution in [2.24, 2.45) is 0 Å². The second-order valence-electron chi connectivity index (χ2n) is 8.49. The van der Waals surface area contributed by atoms with Gasteiger partial charge < -0.3 is 14.2 Å². The summed E-state index contributed by atoms with van der Waals surface area (Å²) in [4.78, 5) is 25.0. The van der Waals surface area contributed by atoms with Crippen molar-refractivity contribution in [1.82, 2.24) is 19.4 Å². The van der Waals surface area contributed by atoms with Gasteiger partial charge in [-0.25, -0.2) is 9.97 Å². The van der Waals surface area contributed by atoms with Crippen molar-refractivity contribution in [2.75, 3.05) is 19.4 Å². The molecule has 7 nitrogen and oxygen atoms in total. The SMILES string of the molecule is C[S+]([O-])c1cn(-c2ncc(-c3ccccc3)cn2)c2cc(C(=O)N3CC4CC3CO4)ccc12. The standard InChI is InChI=1S/C25H22N4O3S/c1-33(31)23-14-29(25-26-11-18(12-27-25)16-5-3-2-4-6-16)22-9-17(7-8-21(22)23)24(30)28-13-20-10-19(28)15-32-20/h2-9,11-12,14,19-20H,10,13,15H2,1H3. The molecule has 3 atom stereocenters. The number of fused-ring (bicyclic) bond motifs is 3. The third kappa shape index (κ3) is 3.51. The molecule has 0 N–H and O–H groups in total. The molecule has 2 aromatic carbocycles. The Balaban J connectivity index is 1.40. The van der Waals surface area contributed by atoms with Gasteiger partial charge in [0.2, 0.25) is 5.95 Å². The summed E-state index contributed by atoms with van der Waals surface area (Å²) in [6.07, 6.45) is 8.07. The normalized spacial score (nSPS) is 20.5. The molecule has 2 aliphatic rings. The van der Waals surface area contributed by atoms with E-state index in [0.29, 0.717) is 29.6 Å². The van der Waals surface area contributed by atoms with Crippen molar-refractivity contribution in [3.63, 3.8) is 0 Å². The number of morpholine rings is 1. The predicted molar refractivity (Wildman–Crippen MR) is 126 cm³/mol. The average Bonchev–Trinajstić information content (AvgIpc) is 3.58. The first-order valence-electron chi connectivity index (χ1n) is 10.9. The molecule has 2 saturated heterocycles. The summed E-state index contributed by atoms with van der Waals surface area (Å²) in [6, 6.07) is 15.6. The molecule has 4 aromatic rings. The number of likely N-dealkylation sites (tertiary alicyclic amines) is 1. The smallest absolute Gasteiger partial charge is 0.254 e. The summed E-state index contributed by atoms with van der Waals surface area (Å²) >= 11 is -1.20. The van der Waals surface area contributed by atoms with Gasteiger partial charge in [-0.15, -0.1) is 0 Å². The summed E-state index contributed by atoms with van der Waals surface area (Å²) in [5, 5.41) is 0.828. The summed E-state index contributed by atoms with van der Waals surface area (Å²) in [6.45, 7) is 1.24. The molecule has 4 heterocycles. The van der Waals surface area contributed by atoms with E-state index >= 15 is 0 Å². The van der Waals surface area contributed by atoms with Crippen molar-refractivity contribution in [2.45, 2.75) is 23.5 Å². The van der Waals surface area contributed by atoms with Gasteiger partial charge >= 0.3 is 0 Å². The highest BCUT2D eigenvalue weighted by Gasteiger charge is 2.41. The minimum absolute atomic E-state index is 0.0000326. The van der Waals surface area contributed by atoms with E-state index in [-0.39, 0.29) is 18.1 Å². The zero-order chi connectivity index (χ0) is 22.5. The Kier molecular flexibility index (Phi) is 4.94. The highest BCUT2D eigenvalue weighted by molar-refractivity contribution is 7.91. The monoisotopic (exact) mass is 458 g/mol. The van der Waals surface area contributed by atoms with E-state index < -0.39 is 11.2 Å². The van der Waals surface area contributed by atoms with Gasteiger partial charge in [-0.05, 0) is 41.4 Å². The Labute approximate surface area is 194 Å². The van der Waals surface area contributed by atoms with E-state index in [1.807, 2.05) is 58.0 Å². The average molecular weight is 459 g/mol. The van der Waals surface area contributed by atoms with Gasteiger partial charge in [0, 0.05) is 30.1 Å². The number of hydrogen-bond donors (Lipinski definition) is 0. The summed E-state index contributed by atoms with van der Waals surface area (Å²) in [5.74, 6) is 0.467. The Morgan fingerprint density at radius 1 is 1.12 bits per heavy atom. The van der Waals surface area contributed by atoms with Crippen molar-refractivity contribution in [3.8, 4) is 17.1 Å². The van der Waals surface area contributed by atoms with Gasteiger partial charge in [-0.2, -0.15) is 0 Å². The molecule has 2 bridgehead atoms. The van der Waals surface area contributed by atoms with E-state index in [2.05, 4.69) is 9.97 Å². The molecule has 0 spiro atoms. The number of amides is 1. The Hall–Kier alpha value is -3.20. The third-order valence-electron chi connectivity index (χ3n) is 6.45. The zero-order valence-corrected chi connectivity index (χ0v) is 18.9. The molecule has 0 aliphatic carbocycles. The number of carbonyl (C=O) groups excluding carboxylic acids is 1. The number of ether oxygens (including phenoxy) is 1. The first kappa shape index (κ1) is 20.4. The third-order valence-corrected chi connectivity index (χ3v) is 7.39. The first-order chi connectivity index (χ1) is 16.1. The van der Waals surface area contributed by atoms with Gasteiger partial charge in [0.25, 0.3) is 5.91 Å².